The minimum atomic E-state index is -0.00320. The molecule has 0 aliphatic carbocycles. The summed E-state index contributed by atoms with van der Waals surface area (Å²) in [6.07, 6.45) is 5.82. The van der Waals surface area contributed by atoms with Crippen LogP contribution >= 0.6 is 34.7 Å². The fourth-order valence-electron chi connectivity index (χ4n) is 3.15. The number of aryl methyl sites for hydroxylation is 1. The number of amides is 1. The summed E-state index contributed by atoms with van der Waals surface area (Å²) in [4.78, 5) is 25.1. The Morgan fingerprint density at radius 3 is 2.47 bits per heavy atom. The zero-order valence-electron chi connectivity index (χ0n) is 16.6. The van der Waals surface area contributed by atoms with Crippen molar-refractivity contribution in [2.45, 2.75) is 24.8 Å². The molecule has 0 aliphatic rings. The second-order valence-electron chi connectivity index (χ2n) is 6.90. The standard InChI is InChI=1S/C23H20ClN3OS2/c1-15-3-8-19(24)22-21(15)26-23(30-22)27(14-17-9-11-25-12-10-17)20(28)13-16-4-6-18(29-2)7-5-16/h3-12H,13-14H2,1-2H3. The van der Waals surface area contributed by atoms with Crippen LogP contribution in [0.1, 0.15) is 16.7 Å². The molecule has 0 atom stereocenters. The summed E-state index contributed by atoms with van der Waals surface area (Å²) >= 11 is 9.54. The molecule has 0 bridgehead atoms. The molecule has 0 unspecified atom stereocenters. The number of halogens is 1. The molecule has 2 aromatic heterocycles. The van der Waals surface area contributed by atoms with Crippen molar-refractivity contribution < 1.29 is 4.79 Å². The van der Waals surface area contributed by atoms with Gasteiger partial charge in [0, 0.05) is 17.3 Å². The summed E-state index contributed by atoms with van der Waals surface area (Å²) < 4.78 is 0.906. The molecule has 4 rings (SSSR count). The SMILES string of the molecule is CSc1ccc(CC(=O)N(Cc2ccncc2)c2nc3c(C)ccc(Cl)c3s2)cc1. The predicted octanol–water partition coefficient (Wildman–Crippen LogP) is 6.15. The van der Waals surface area contributed by atoms with Gasteiger partial charge in [0.25, 0.3) is 0 Å². The zero-order valence-corrected chi connectivity index (χ0v) is 19.0. The van der Waals surface area contributed by atoms with E-state index in [4.69, 9.17) is 16.6 Å². The average molecular weight is 454 g/mol. The van der Waals surface area contributed by atoms with Crippen LogP contribution in [0.4, 0.5) is 5.13 Å². The minimum absolute atomic E-state index is 0.00320. The first-order chi connectivity index (χ1) is 14.5. The maximum atomic E-state index is 13.4. The number of anilines is 1. The average Bonchev–Trinajstić information content (AvgIpc) is 3.22. The molecule has 0 spiro atoms. The number of rotatable bonds is 6. The highest BCUT2D eigenvalue weighted by Gasteiger charge is 2.22. The number of fused-ring (bicyclic) bond motifs is 1. The number of nitrogens with zero attached hydrogens (tertiary/aromatic N) is 3. The van der Waals surface area contributed by atoms with Gasteiger partial charge in [0.15, 0.2) is 5.13 Å². The van der Waals surface area contributed by atoms with Crippen LogP contribution in [-0.4, -0.2) is 22.1 Å². The van der Waals surface area contributed by atoms with Gasteiger partial charge >= 0.3 is 0 Å². The van der Waals surface area contributed by atoms with Gasteiger partial charge in [-0.25, -0.2) is 4.98 Å². The van der Waals surface area contributed by atoms with E-state index in [1.165, 1.54) is 16.2 Å². The van der Waals surface area contributed by atoms with Crippen LogP contribution in [0, 0.1) is 6.92 Å². The maximum Gasteiger partial charge on any atom is 0.233 e. The number of thioether (sulfide) groups is 1. The van der Waals surface area contributed by atoms with Crippen LogP contribution < -0.4 is 4.90 Å². The Morgan fingerprint density at radius 2 is 1.80 bits per heavy atom. The third kappa shape index (κ3) is 4.51. The molecule has 0 aliphatic heterocycles. The highest BCUT2D eigenvalue weighted by atomic mass is 35.5. The van der Waals surface area contributed by atoms with E-state index in [9.17, 15) is 4.79 Å². The molecule has 7 heteroatoms. The molecule has 0 N–H and O–H groups in total. The van der Waals surface area contributed by atoms with Crippen molar-refractivity contribution >= 4 is 56.0 Å². The molecular formula is C23H20ClN3OS2. The first kappa shape index (κ1) is 20.8. The third-order valence-corrected chi connectivity index (χ3v) is 7.10. The summed E-state index contributed by atoms with van der Waals surface area (Å²) in [6.45, 7) is 2.44. The summed E-state index contributed by atoms with van der Waals surface area (Å²) in [7, 11) is 0. The summed E-state index contributed by atoms with van der Waals surface area (Å²) in [5.74, 6) is -0.00320. The molecule has 2 aromatic carbocycles. The molecule has 2 heterocycles. The molecule has 0 radical (unpaired) electrons. The fourth-order valence-corrected chi connectivity index (χ4v) is 4.89. The summed E-state index contributed by atoms with van der Waals surface area (Å²) in [5, 5.41) is 1.31. The lowest BCUT2D eigenvalue weighted by molar-refractivity contribution is -0.118. The Balaban J connectivity index is 1.69. The van der Waals surface area contributed by atoms with Gasteiger partial charge in [-0.3, -0.25) is 14.7 Å². The van der Waals surface area contributed by atoms with Gasteiger partial charge in [0.05, 0.1) is 28.2 Å². The van der Waals surface area contributed by atoms with E-state index in [-0.39, 0.29) is 5.91 Å². The number of benzene rings is 2. The first-order valence-electron chi connectivity index (χ1n) is 9.43. The Morgan fingerprint density at radius 1 is 1.07 bits per heavy atom. The summed E-state index contributed by atoms with van der Waals surface area (Å²) in [6, 6.07) is 15.8. The first-order valence-corrected chi connectivity index (χ1v) is 11.8. The lowest BCUT2D eigenvalue weighted by Crippen LogP contribution is -2.31. The highest BCUT2D eigenvalue weighted by Crippen LogP contribution is 2.36. The number of pyridine rings is 1. The second kappa shape index (κ2) is 9.16. The Bertz CT molecular complexity index is 1140. The van der Waals surface area contributed by atoms with Crippen molar-refractivity contribution in [3.05, 3.63) is 82.6 Å². The molecule has 0 saturated carbocycles. The van der Waals surface area contributed by atoms with Crippen LogP contribution in [0.3, 0.4) is 0 Å². The highest BCUT2D eigenvalue weighted by molar-refractivity contribution is 7.98. The Kier molecular flexibility index (Phi) is 6.37. The Labute approximate surface area is 188 Å². The predicted molar refractivity (Wildman–Crippen MR) is 127 cm³/mol. The van der Waals surface area contributed by atoms with Crippen LogP contribution in [0.2, 0.25) is 5.02 Å². The minimum Gasteiger partial charge on any atom is -0.283 e. The monoisotopic (exact) mass is 453 g/mol. The van der Waals surface area contributed by atoms with E-state index in [0.29, 0.717) is 23.1 Å². The Hall–Kier alpha value is -2.41. The molecule has 4 nitrogen and oxygen atoms in total. The number of carbonyl (C=O) groups is 1. The maximum absolute atomic E-state index is 13.4. The second-order valence-corrected chi connectivity index (χ2v) is 9.16. The van der Waals surface area contributed by atoms with Crippen LogP contribution in [0.15, 0.2) is 65.8 Å². The third-order valence-electron chi connectivity index (χ3n) is 4.82. The molecule has 0 fully saturated rings. The van der Waals surface area contributed by atoms with Crippen molar-refractivity contribution in [2.24, 2.45) is 0 Å². The zero-order chi connectivity index (χ0) is 21.1. The van der Waals surface area contributed by atoms with E-state index < -0.39 is 0 Å². The van der Waals surface area contributed by atoms with Crippen LogP contribution in [0.25, 0.3) is 10.2 Å². The van der Waals surface area contributed by atoms with Crippen molar-refractivity contribution in [1.29, 1.82) is 0 Å². The van der Waals surface area contributed by atoms with E-state index in [0.717, 1.165) is 26.9 Å². The molecule has 4 aromatic rings. The summed E-state index contributed by atoms with van der Waals surface area (Å²) in [5.41, 5.74) is 3.87. The molecular weight excluding hydrogens is 434 g/mol. The van der Waals surface area contributed by atoms with Gasteiger partial charge in [0.1, 0.15) is 0 Å². The van der Waals surface area contributed by atoms with E-state index in [1.54, 1.807) is 29.1 Å². The van der Waals surface area contributed by atoms with Crippen LogP contribution in [0.5, 0.6) is 0 Å². The van der Waals surface area contributed by atoms with Gasteiger partial charge in [0.2, 0.25) is 5.91 Å². The molecule has 0 saturated heterocycles. The van der Waals surface area contributed by atoms with Crippen molar-refractivity contribution in [1.82, 2.24) is 9.97 Å². The number of hydrogen-bond acceptors (Lipinski definition) is 5. The van der Waals surface area contributed by atoms with Crippen molar-refractivity contribution in [2.75, 3.05) is 11.2 Å². The largest absolute Gasteiger partial charge is 0.283 e. The number of aromatic nitrogens is 2. The topological polar surface area (TPSA) is 46.1 Å². The van der Waals surface area contributed by atoms with Gasteiger partial charge < -0.3 is 0 Å². The van der Waals surface area contributed by atoms with Gasteiger partial charge in [-0.05, 0) is 60.2 Å². The van der Waals surface area contributed by atoms with E-state index in [2.05, 4.69) is 4.98 Å². The van der Waals surface area contributed by atoms with Crippen molar-refractivity contribution in [3.63, 3.8) is 0 Å². The van der Waals surface area contributed by atoms with E-state index in [1.807, 2.05) is 61.7 Å². The number of hydrogen-bond donors (Lipinski definition) is 0. The van der Waals surface area contributed by atoms with Gasteiger partial charge in [-0.2, -0.15) is 0 Å². The van der Waals surface area contributed by atoms with Crippen molar-refractivity contribution in [3.8, 4) is 0 Å². The lowest BCUT2D eigenvalue weighted by atomic mass is 10.1. The normalized spacial score (nSPS) is 11.0. The van der Waals surface area contributed by atoms with Gasteiger partial charge in [-0.15, -0.1) is 11.8 Å². The molecule has 30 heavy (non-hydrogen) atoms. The molecule has 152 valence electrons. The number of thiazole rings is 1. The van der Waals surface area contributed by atoms with Gasteiger partial charge in [-0.1, -0.05) is 41.1 Å². The quantitative estimate of drug-likeness (QED) is 0.328. The fraction of sp³-hybridized carbons (Fsp3) is 0.174. The van der Waals surface area contributed by atoms with Crippen LogP contribution in [-0.2, 0) is 17.8 Å². The number of carbonyl (C=O) groups excluding carboxylic acids is 1. The van der Waals surface area contributed by atoms with E-state index >= 15 is 0 Å². The smallest absolute Gasteiger partial charge is 0.233 e. The molecule has 1 amide bonds. The lowest BCUT2D eigenvalue weighted by Gasteiger charge is -2.20.